The van der Waals surface area contributed by atoms with Crippen molar-refractivity contribution in [2.24, 2.45) is 17.4 Å². The van der Waals surface area contributed by atoms with Crippen LogP contribution in [0.5, 0.6) is 0 Å². The van der Waals surface area contributed by atoms with Crippen molar-refractivity contribution in [3.63, 3.8) is 0 Å². The quantitative estimate of drug-likeness (QED) is 0.355. The highest BCUT2D eigenvalue weighted by molar-refractivity contribution is 5.97. The lowest BCUT2D eigenvalue weighted by atomic mass is 9.81. The molecule has 2 aliphatic heterocycles. The van der Waals surface area contributed by atoms with E-state index in [-0.39, 0.29) is 17.7 Å². The van der Waals surface area contributed by atoms with Crippen molar-refractivity contribution in [3.05, 3.63) is 24.3 Å². The predicted molar refractivity (Wildman–Crippen MR) is 130 cm³/mol. The van der Waals surface area contributed by atoms with Gasteiger partial charge in [-0.1, -0.05) is 31.2 Å². The third kappa shape index (κ3) is 5.59. The molecule has 10 heteroatoms. The minimum absolute atomic E-state index is 0.0209. The highest BCUT2D eigenvalue weighted by Crippen LogP contribution is 2.39. The SMILES string of the molecule is CC[C@H](N)C(=O)N1CCC[C@H]1C(=O)N1CCC[C@]1(CC1C=CC=CC1)C(=O)N[C@H](C(N)=O)[C@@H](C)O. The van der Waals surface area contributed by atoms with E-state index in [1.54, 1.807) is 9.80 Å². The minimum Gasteiger partial charge on any atom is -0.391 e. The molecule has 0 aromatic carbocycles. The molecule has 3 rings (SSSR count). The molecular weight excluding hydrogens is 450 g/mol. The summed E-state index contributed by atoms with van der Waals surface area (Å²) in [5.74, 6) is -1.85. The highest BCUT2D eigenvalue weighted by Gasteiger charge is 2.53. The summed E-state index contributed by atoms with van der Waals surface area (Å²) in [5, 5.41) is 12.7. The van der Waals surface area contributed by atoms with Crippen LogP contribution >= 0.6 is 0 Å². The molecule has 3 aliphatic rings. The predicted octanol–water partition coefficient (Wildman–Crippen LogP) is -0.0508. The van der Waals surface area contributed by atoms with E-state index in [1.165, 1.54) is 6.92 Å². The van der Waals surface area contributed by atoms with Crippen LogP contribution in [0.3, 0.4) is 0 Å². The van der Waals surface area contributed by atoms with Crippen LogP contribution in [0.4, 0.5) is 0 Å². The van der Waals surface area contributed by atoms with Gasteiger partial charge in [-0.25, -0.2) is 0 Å². The lowest BCUT2D eigenvalue weighted by Crippen LogP contribution is -2.64. The fourth-order valence-corrected chi connectivity index (χ4v) is 5.52. The highest BCUT2D eigenvalue weighted by atomic mass is 16.3. The summed E-state index contributed by atoms with van der Waals surface area (Å²) in [6.45, 7) is 4.03. The van der Waals surface area contributed by atoms with E-state index in [9.17, 15) is 24.3 Å². The van der Waals surface area contributed by atoms with Gasteiger partial charge in [0.2, 0.25) is 23.6 Å². The monoisotopic (exact) mass is 489 g/mol. The number of hydrogen-bond acceptors (Lipinski definition) is 6. The van der Waals surface area contributed by atoms with E-state index in [1.807, 2.05) is 31.2 Å². The summed E-state index contributed by atoms with van der Waals surface area (Å²) < 4.78 is 0. The number of primary amides is 1. The topological polar surface area (TPSA) is 159 Å². The van der Waals surface area contributed by atoms with Crippen LogP contribution in [0, 0.1) is 5.92 Å². The maximum atomic E-state index is 13.9. The second-order valence-corrected chi connectivity index (χ2v) is 9.94. The molecule has 2 fully saturated rings. The summed E-state index contributed by atoms with van der Waals surface area (Å²) in [4.78, 5) is 55.7. The lowest BCUT2D eigenvalue weighted by Gasteiger charge is -2.42. The van der Waals surface area contributed by atoms with Gasteiger partial charge in [0.15, 0.2) is 0 Å². The van der Waals surface area contributed by atoms with Crippen LogP contribution in [0.15, 0.2) is 24.3 Å². The first-order valence-corrected chi connectivity index (χ1v) is 12.6. The minimum atomic E-state index is -1.27. The Balaban J connectivity index is 1.93. The number of hydrogen-bond donors (Lipinski definition) is 4. The van der Waals surface area contributed by atoms with Gasteiger partial charge in [0.05, 0.1) is 12.1 Å². The van der Waals surface area contributed by atoms with Crippen molar-refractivity contribution in [2.45, 2.75) is 88.6 Å². The normalized spacial score (nSPS) is 28.6. The number of aliphatic hydroxyl groups excluding tert-OH is 1. The molecule has 35 heavy (non-hydrogen) atoms. The second-order valence-electron chi connectivity index (χ2n) is 9.94. The van der Waals surface area contributed by atoms with Crippen molar-refractivity contribution in [1.29, 1.82) is 0 Å². The lowest BCUT2D eigenvalue weighted by molar-refractivity contribution is -0.153. The molecule has 10 nitrogen and oxygen atoms in total. The molecule has 0 bridgehead atoms. The Kier molecular flexibility index (Phi) is 8.71. The summed E-state index contributed by atoms with van der Waals surface area (Å²) in [7, 11) is 0. The third-order valence-corrected chi connectivity index (χ3v) is 7.50. The Labute approximate surface area is 206 Å². The summed E-state index contributed by atoms with van der Waals surface area (Å²) >= 11 is 0. The van der Waals surface area contributed by atoms with E-state index in [4.69, 9.17) is 11.5 Å². The van der Waals surface area contributed by atoms with Gasteiger partial charge < -0.3 is 31.7 Å². The van der Waals surface area contributed by atoms with Gasteiger partial charge in [0, 0.05) is 13.1 Å². The Morgan fingerprint density at radius 3 is 2.54 bits per heavy atom. The summed E-state index contributed by atoms with van der Waals surface area (Å²) in [6.07, 6.45) is 10.5. The van der Waals surface area contributed by atoms with E-state index in [0.29, 0.717) is 51.6 Å². The van der Waals surface area contributed by atoms with Crippen LogP contribution in [-0.4, -0.2) is 81.4 Å². The number of carbonyl (C=O) groups is 4. The van der Waals surface area contributed by atoms with Crippen molar-refractivity contribution >= 4 is 23.6 Å². The fraction of sp³-hybridized carbons (Fsp3) is 0.680. The first-order valence-electron chi connectivity index (χ1n) is 12.6. The second kappa shape index (κ2) is 11.3. The number of aliphatic hydroxyl groups is 1. The zero-order chi connectivity index (χ0) is 25.8. The molecule has 0 aromatic heterocycles. The number of rotatable bonds is 9. The van der Waals surface area contributed by atoms with Crippen molar-refractivity contribution in [2.75, 3.05) is 13.1 Å². The van der Waals surface area contributed by atoms with Gasteiger partial charge in [-0.2, -0.15) is 0 Å². The Morgan fingerprint density at radius 1 is 1.20 bits per heavy atom. The standard InChI is InChI=1S/C25H39N5O5/c1-3-18(26)22(33)29-13-7-11-19(29)23(34)30-14-8-12-25(30,15-17-9-5-4-6-10-17)24(35)28-20(16(2)31)21(27)32/h4-6,9,16-20,31H,3,7-8,10-15,26H2,1-2H3,(H2,27,32)(H,28,35)/t16-,17?,18+,19+,20+,25+/m1/s1. The number of carbonyl (C=O) groups excluding carboxylic acids is 4. The molecule has 0 spiro atoms. The molecule has 1 unspecified atom stereocenters. The average molecular weight is 490 g/mol. The van der Waals surface area contributed by atoms with Crippen molar-refractivity contribution in [3.8, 4) is 0 Å². The van der Waals surface area contributed by atoms with Crippen LogP contribution in [-0.2, 0) is 19.2 Å². The molecular formula is C25H39N5O5. The number of allylic oxidation sites excluding steroid dienone is 4. The van der Waals surface area contributed by atoms with Crippen LogP contribution < -0.4 is 16.8 Å². The van der Waals surface area contributed by atoms with Crippen molar-refractivity contribution in [1.82, 2.24) is 15.1 Å². The van der Waals surface area contributed by atoms with Crippen LogP contribution in [0.2, 0.25) is 0 Å². The van der Waals surface area contributed by atoms with Gasteiger partial charge in [0.1, 0.15) is 17.6 Å². The first-order chi connectivity index (χ1) is 16.6. The zero-order valence-corrected chi connectivity index (χ0v) is 20.7. The number of nitrogens with two attached hydrogens (primary N) is 2. The molecule has 6 N–H and O–H groups in total. The Morgan fingerprint density at radius 2 is 1.94 bits per heavy atom. The maximum absolute atomic E-state index is 13.9. The number of nitrogens with zero attached hydrogens (tertiary/aromatic N) is 2. The zero-order valence-electron chi connectivity index (χ0n) is 20.7. The van der Waals surface area contributed by atoms with Gasteiger partial charge in [-0.05, 0) is 57.8 Å². The summed E-state index contributed by atoms with van der Waals surface area (Å²) in [6, 6.07) is -2.61. The Bertz CT molecular complexity index is 887. The number of nitrogens with one attached hydrogen (secondary N) is 1. The smallest absolute Gasteiger partial charge is 0.246 e. The van der Waals surface area contributed by atoms with Gasteiger partial charge >= 0.3 is 0 Å². The molecule has 0 radical (unpaired) electrons. The molecule has 0 saturated carbocycles. The first kappa shape index (κ1) is 26.9. The number of likely N-dealkylation sites (tertiary alicyclic amines) is 2. The number of amides is 4. The third-order valence-electron chi connectivity index (χ3n) is 7.50. The molecule has 194 valence electrons. The largest absolute Gasteiger partial charge is 0.391 e. The molecule has 0 aromatic rings. The van der Waals surface area contributed by atoms with E-state index in [2.05, 4.69) is 5.32 Å². The average Bonchev–Trinajstić information content (AvgIpc) is 3.49. The van der Waals surface area contributed by atoms with Crippen LogP contribution in [0.25, 0.3) is 0 Å². The maximum Gasteiger partial charge on any atom is 0.246 e. The van der Waals surface area contributed by atoms with Crippen LogP contribution in [0.1, 0.15) is 58.8 Å². The van der Waals surface area contributed by atoms with Gasteiger partial charge in [-0.3, -0.25) is 19.2 Å². The molecule has 2 heterocycles. The Hall–Kier alpha value is -2.72. The summed E-state index contributed by atoms with van der Waals surface area (Å²) in [5.41, 5.74) is 10.2. The molecule has 2 saturated heterocycles. The fourth-order valence-electron chi connectivity index (χ4n) is 5.52. The van der Waals surface area contributed by atoms with E-state index >= 15 is 0 Å². The molecule has 6 atom stereocenters. The van der Waals surface area contributed by atoms with E-state index < -0.39 is 41.6 Å². The van der Waals surface area contributed by atoms with E-state index in [0.717, 1.165) is 6.42 Å². The molecule has 1 aliphatic carbocycles. The molecule has 4 amide bonds. The van der Waals surface area contributed by atoms with Gasteiger partial charge in [-0.15, -0.1) is 0 Å². The van der Waals surface area contributed by atoms with Gasteiger partial charge in [0.25, 0.3) is 0 Å². The van der Waals surface area contributed by atoms with Crippen molar-refractivity contribution < 1.29 is 24.3 Å².